The molecule has 0 aliphatic carbocycles. The average molecular weight is 399 g/mol. The van der Waals surface area contributed by atoms with Crippen LogP contribution in [0.25, 0.3) is 0 Å². The van der Waals surface area contributed by atoms with E-state index in [9.17, 15) is 9.59 Å². The minimum Gasteiger partial charge on any atom is -0.493 e. The second kappa shape index (κ2) is 10.5. The molecule has 1 N–H and O–H groups in total. The van der Waals surface area contributed by atoms with E-state index in [1.807, 2.05) is 44.2 Å². The van der Waals surface area contributed by atoms with Crippen LogP contribution >= 0.6 is 0 Å². The third kappa shape index (κ3) is 5.73. The van der Waals surface area contributed by atoms with Gasteiger partial charge in [0.25, 0.3) is 5.91 Å². The number of anilines is 1. The summed E-state index contributed by atoms with van der Waals surface area (Å²) in [5.41, 5.74) is 1.41. The predicted molar refractivity (Wildman–Crippen MR) is 112 cm³/mol. The molecule has 0 bridgehead atoms. The van der Waals surface area contributed by atoms with Gasteiger partial charge in [0.05, 0.1) is 20.1 Å². The number of rotatable bonds is 9. The van der Waals surface area contributed by atoms with Crippen molar-refractivity contribution in [3.63, 3.8) is 0 Å². The Hall–Kier alpha value is -3.02. The van der Waals surface area contributed by atoms with Gasteiger partial charge in [-0.25, -0.2) is 0 Å². The van der Waals surface area contributed by atoms with Gasteiger partial charge in [-0.3, -0.25) is 9.59 Å². The van der Waals surface area contributed by atoms with Crippen molar-refractivity contribution in [1.82, 2.24) is 0 Å². The highest BCUT2D eigenvalue weighted by Crippen LogP contribution is 2.30. The summed E-state index contributed by atoms with van der Waals surface area (Å²) in [5.74, 6) is -0.0920. The number of hydrogen-bond donors (Lipinski definition) is 1. The molecular weight excluding hydrogens is 370 g/mol. The van der Waals surface area contributed by atoms with Gasteiger partial charge in [0.15, 0.2) is 17.6 Å². The number of ether oxygens (including phenoxy) is 3. The number of nitrogens with one attached hydrogen (secondary N) is 1. The first-order valence-corrected chi connectivity index (χ1v) is 9.69. The molecule has 3 unspecified atom stereocenters. The zero-order chi connectivity index (χ0) is 21.4. The molecule has 156 valence electrons. The van der Waals surface area contributed by atoms with Crippen molar-refractivity contribution in [2.45, 2.75) is 39.2 Å². The Morgan fingerprint density at radius 1 is 0.966 bits per heavy atom. The molecule has 0 spiro atoms. The molecule has 1 amide bonds. The Balaban J connectivity index is 2.08. The van der Waals surface area contributed by atoms with E-state index in [-0.39, 0.29) is 5.92 Å². The summed E-state index contributed by atoms with van der Waals surface area (Å²) >= 11 is 0. The summed E-state index contributed by atoms with van der Waals surface area (Å²) in [4.78, 5) is 25.4. The zero-order valence-corrected chi connectivity index (χ0v) is 17.6. The fourth-order valence-corrected chi connectivity index (χ4v) is 3.05. The molecule has 2 rings (SSSR count). The normalized spacial score (nSPS) is 13.7. The molecule has 6 nitrogen and oxygen atoms in total. The Morgan fingerprint density at radius 2 is 1.62 bits per heavy atom. The van der Waals surface area contributed by atoms with E-state index in [0.29, 0.717) is 17.2 Å². The zero-order valence-electron chi connectivity index (χ0n) is 17.6. The molecule has 0 heterocycles. The summed E-state index contributed by atoms with van der Waals surface area (Å²) in [5, 5.41) is 2.74. The van der Waals surface area contributed by atoms with Crippen molar-refractivity contribution in [2.24, 2.45) is 5.92 Å². The Labute approximate surface area is 172 Å². The van der Waals surface area contributed by atoms with Crippen LogP contribution in [-0.2, 0) is 14.3 Å². The average Bonchev–Trinajstić information content (AvgIpc) is 2.74. The minimum absolute atomic E-state index is 0.0889. The van der Waals surface area contributed by atoms with Crippen LogP contribution < -0.4 is 14.8 Å². The summed E-state index contributed by atoms with van der Waals surface area (Å²) in [7, 11) is 3.06. The number of esters is 1. The summed E-state index contributed by atoms with van der Waals surface area (Å²) in [6.45, 7) is 5.60. The van der Waals surface area contributed by atoms with Crippen LogP contribution in [0.4, 0.5) is 5.69 Å². The first-order chi connectivity index (χ1) is 13.9. The summed E-state index contributed by atoms with van der Waals surface area (Å²) in [6.07, 6.45) is -0.119. The van der Waals surface area contributed by atoms with E-state index in [4.69, 9.17) is 14.2 Å². The fourth-order valence-electron chi connectivity index (χ4n) is 3.05. The molecule has 0 radical (unpaired) electrons. The lowest BCUT2D eigenvalue weighted by Gasteiger charge is -2.24. The van der Waals surface area contributed by atoms with Crippen LogP contribution in [0.2, 0.25) is 0 Å². The maximum absolute atomic E-state index is 12.9. The molecule has 6 heteroatoms. The van der Waals surface area contributed by atoms with Crippen molar-refractivity contribution in [2.75, 3.05) is 19.5 Å². The first-order valence-electron chi connectivity index (χ1n) is 9.69. The molecule has 0 fully saturated rings. The lowest BCUT2D eigenvalue weighted by molar-refractivity contribution is -0.155. The highest BCUT2D eigenvalue weighted by Gasteiger charge is 2.30. The van der Waals surface area contributed by atoms with Gasteiger partial charge < -0.3 is 19.5 Å². The van der Waals surface area contributed by atoms with Crippen LogP contribution in [0.1, 0.15) is 38.7 Å². The van der Waals surface area contributed by atoms with Crippen molar-refractivity contribution in [3.05, 3.63) is 54.1 Å². The summed E-state index contributed by atoms with van der Waals surface area (Å²) < 4.78 is 16.0. The van der Waals surface area contributed by atoms with Gasteiger partial charge in [0.2, 0.25) is 0 Å². The SMILES string of the molecule is CCC(C)C(C(=O)OC(C)C(=O)Nc1ccc(OC)c(OC)c1)c1ccccc1. The van der Waals surface area contributed by atoms with Gasteiger partial charge in [0, 0.05) is 11.8 Å². The Bertz CT molecular complexity index is 821. The smallest absolute Gasteiger partial charge is 0.314 e. The Kier molecular flexibility index (Phi) is 8.07. The van der Waals surface area contributed by atoms with Crippen molar-refractivity contribution in [1.29, 1.82) is 0 Å². The van der Waals surface area contributed by atoms with Crippen LogP contribution in [0.5, 0.6) is 11.5 Å². The monoisotopic (exact) mass is 399 g/mol. The van der Waals surface area contributed by atoms with Gasteiger partial charge in [-0.05, 0) is 30.5 Å². The van der Waals surface area contributed by atoms with E-state index in [0.717, 1.165) is 12.0 Å². The molecule has 0 saturated carbocycles. The molecule has 0 saturated heterocycles. The number of amides is 1. The topological polar surface area (TPSA) is 73.9 Å². The molecule has 2 aromatic carbocycles. The number of methoxy groups -OCH3 is 2. The Morgan fingerprint density at radius 3 is 2.21 bits per heavy atom. The summed E-state index contributed by atoms with van der Waals surface area (Å²) in [6, 6.07) is 14.5. The van der Waals surface area contributed by atoms with Crippen molar-refractivity contribution in [3.8, 4) is 11.5 Å². The standard InChI is InChI=1S/C23H29NO5/c1-6-15(2)21(17-10-8-7-9-11-17)23(26)29-16(3)22(25)24-18-12-13-19(27-4)20(14-18)28-5/h7-16,21H,6H2,1-5H3,(H,24,25). The molecule has 0 aromatic heterocycles. The van der Waals surface area contributed by atoms with E-state index in [1.54, 1.807) is 25.1 Å². The lowest BCUT2D eigenvalue weighted by atomic mass is 9.85. The largest absolute Gasteiger partial charge is 0.493 e. The molecule has 0 aliphatic heterocycles. The van der Waals surface area contributed by atoms with E-state index in [2.05, 4.69) is 5.32 Å². The van der Waals surface area contributed by atoms with E-state index < -0.39 is 23.9 Å². The number of carbonyl (C=O) groups excluding carboxylic acids is 2. The van der Waals surface area contributed by atoms with Crippen LogP contribution in [0.3, 0.4) is 0 Å². The van der Waals surface area contributed by atoms with Crippen LogP contribution in [-0.4, -0.2) is 32.2 Å². The molecule has 2 aromatic rings. The number of hydrogen-bond acceptors (Lipinski definition) is 5. The lowest BCUT2D eigenvalue weighted by Crippen LogP contribution is -2.33. The highest BCUT2D eigenvalue weighted by atomic mass is 16.5. The number of benzene rings is 2. The third-order valence-corrected chi connectivity index (χ3v) is 4.94. The van der Waals surface area contributed by atoms with E-state index in [1.165, 1.54) is 14.2 Å². The maximum Gasteiger partial charge on any atom is 0.314 e. The van der Waals surface area contributed by atoms with Gasteiger partial charge in [0.1, 0.15) is 0 Å². The van der Waals surface area contributed by atoms with Crippen LogP contribution in [0, 0.1) is 5.92 Å². The maximum atomic E-state index is 12.9. The highest BCUT2D eigenvalue weighted by molar-refractivity contribution is 5.95. The van der Waals surface area contributed by atoms with Gasteiger partial charge >= 0.3 is 5.97 Å². The third-order valence-electron chi connectivity index (χ3n) is 4.94. The second-order valence-electron chi connectivity index (χ2n) is 6.91. The molecule has 29 heavy (non-hydrogen) atoms. The van der Waals surface area contributed by atoms with Crippen molar-refractivity contribution < 1.29 is 23.8 Å². The second-order valence-corrected chi connectivity index (χ2v) is 6.91. The van der Waals surface area contributed by atoms with Crippen molar-refractivity contribution >= 4 is 17.6 Å². The fraction of sp³-hybridized carbons (Fsp3) is 0.391. The predicted octanol–water partition coefficient (Wildman–Crippen LogP) is 4.40. The van der Waals surface area contributed by atoms with Gasteiger partial charge in [-0.2, -0.15) is 0 Å². The van der Waals surface area contributed by atoms with E-state index >= 15 is 0 Å². The molecular formula is C23H29NO5. The van der Waals surface area contributed by atoms with Gasteiger partial charge in [-0.1, -0.05) is 50.6 Å². The quantitative estimate of drug-likeness (QED) is 0.633. The first kappa shape index (κ1) is 22.3. The molecule has 3 atom stereocenters. The van der Waals surface area contributed by atoms with Gasteiger partial charge in [-0.15, -0.1) is 0 Å². The minimum atomic E-state index is -0.939. The number of carbonyl (C=O) groups is 2. The van der Waals surface area contributed by atoms with Crippen LogP contribution in [0.15, 0.2) is 48.5 Å². The molecule has 0 aliphatic rings.